The van der Waals surface area contributed by atoms with E-state index in [4.69, 9.17) is 48.7 Å². The third-order valence-electron chi connectivity index (χ3n) is 22.2. The molecule has 0 atom stereocenters. The summed E-state index contributed by atoms with van der Waals surface area (Å²) in [5.74, 6) is 5.25. The summed E-state index contributed by atoms with van der Waals surface area (Å²) in [6, 6.07) is 130. The van der Waals surface area contributed by atoms with Gasteiger partial charge in [0.05, 0.1) is 22.1 Å². The molecular weight excluding hydrogens is 1490 g/mol. The van der Waals surface area contributed by atoms with Gasteiger partial charge < -0.3 is 8.83 Å². The molecule has 118 heavy (non-hydrogen) atoms. The molecule has 0 saturated heterocycles. The minimum Gasteiger partial charge on any atom is -0.456 e. The van der Waals surface area contributed by atoms with E-state index in [1.807, 2.05) is 144 Å². The maximum absolute atomic E-state index is 6.53. The first-order valence-corrected chi connectivity index (χ1v) is 40.7. The molecule has 552 valence electrons. The lowest BCUT2D eigenvalue weighted by Gasteiger charge is -2.11. The number of nitrogens with zero attached hydrogens (tertiary/aromatic N) is 10. The minimum atomic E-state index is 0.570. The minimum absolute atomic E-state index is 0.570. The van der Waals surface area contributed by atoms with Gasteiger partial charge in [-0.3, -0.25) is 9.13 Å². The van der Waals surface area contributed by atoms with E-state index in [1.54, 1.807) is 0 Å². The van der Waals surface area contributed by atoms with Crippen molar-refractivity contribution in [1.82, 2.24) is 49.0 Å². The molecule has 8 aromatic heterocycles. The molecular formula is C104H62N10O2S2. The van der Waals surface area contributed by atoms with E-state index in [0.29, 0.717) is 34.9 Å². The highest BCUT2D eigenvalue weighted by atomic mass is 32.1. The predicted octanol–water partition coefficient (Wildman–Crippen LogP) is 27.6. The van der Waals surface area contributed by atoms with Crippen LogP contribution in [-0.4, -0.2) is 49.0 Å². The van der Waals surface area contributed by atoms with Crippen molar-refractivity contribution in [1.29, 1.82) is 0 Å². The summed E-state index contributed by atoms with van der Waals surface area (Å²) < 4.78 is 22.6. The van der Waals surface area contributed by atoms with Gasteiger partial charge in [-0.1, -0.05) is 261 Å². The molecule has 0 aliphatic rings. The molecule has 0 fully saturated rings. The fourth-order valence-electron chi connectivity index (χ4n) is 16.7. The Bertz CT molecular complexity index is 8070. The summed E-state index contributed by atoms with van der Waals surface area (Å²) >= 11 is 3.67. The van der Waals surface area contributed by atoms with Crippen molar-refractivity contribution in [2.75, 3.05) is 0 Å². The van der Waals surface area contributed by atoms with Gasteiger partial charge in [-0.15, -0.1) is 22.7 Å². The van der Waals surface area contributed by atoms with Gasteiger partial charge >= 0.3 is 0 Å². The summed E-state index contributed by atoms with van der Waals surface area (Å²) in [5.41, 5.74) is 21.1. The monoisotopic (exact) mass is 1550 g/mol. The Morgan fingerprint density at radius 1 is 0.212 bits per heavy atom. The maximum atomic E-state index is 6.53. The summed E-state index contributed by atoms with van der Waals surface area (Å²) in [4.78, 5) is 41.3. The first-order valence-electron chi connectivity index (χ1n) is 39.1. The standard InChI is InChI=1S/2C52H31N5OS/c1-3-14-32(15-4-1)49-54-50(34-17-11-16-33(30-34)37-21-12-22-39-38-20-7-10-27-46(38)59-48(37)39)56-51(55-49)40-23-13-26-45-47(40)41-31-35(28-29-44(41)58-45)52-53-42-24-8-9-25-43(42)57(52)36-18-5-2-6-19-36;1-3-13-33(14-4-1)49-54-50(34-27-25-32(26-28-34)37-18-11-19-39-38-17-7-10-24-46(38)59-48(37)39)56-51(55-49)40-20-12-23-45-47(40)41-31-35(29-30-44(41)58-45)52-53-42-21-8-9-22-43(42)57(52)36-15-5-2-6-16-36/h2*1-31H. The van der Waals surface area contributed by atoms with E-state index < -0.39 is 0 Å². The fourth-order valence-corrected chi connectivity index (χ4v) is 19.2. The van der Waals surface area contributed by atoms with Crippen LogP contribution in [0.1, 0.15) is 0 Å². The molecule has 24 rings (SSSR count). The van der Waals surface area contributed by atoms with Gasteiger partial charge in [0.2, 0.25) is 0 Å². The van der Waals surface area contributed by atoms with E-state index in [9.17, 15) is 0 Å². The third kappa shape index (κ3) is 11.8. The van der Waals surface area contributed by atoms with Crippen LogP contribution in [0.25, 0.3) is 231 Å². The van der Waals surface area contributed by atoms with Crippen molar-refractivity contribution in [3.05, 3.63) is 376 Å². The molecule has 0 aliphatic heterocycles. The van der Waals surface area contributed by atoms with Gasteiger partial charge in [0.1, 0.15) is 34.0 Å². The Balaban J connectivity index is 0.000000138. The Morgan fingerprint density at radius 3 is 1.05 bits per heavy atom. The number of imidazole rings is 2. The van der Waals surface area contributed by atoms with Crippen molar-refractivity contribution >= 4 is 129 Å². The molecule has 0 spiro atoms. The lowest BCUT2D eigenvalue weighted by atomic mass is 10.0. The maximum Gasteiger partial charge on any atom is 0.164 e. The van der Waals surface area contributed by atoms with Gasteiger partial charge in [0, 0.05) is 118 Å². The second kappa shape index (κ2) is 28.3. The number of para-hydroxylation sites is 6. The number of thiophene rings is 2. The normalized spacial score (nSPS) is 11.7. The van der Waals surface area contributed by atoms with Gasteiger partial charge in [-0.2, -0.15) is 0 Å². The predicted molar refractivity (Wildman–Crippen MR) is 484 cm³/mol. The summed E-state index contributed by atoms with van der Waals surface area (Å²) in [6.45, 7) is 0. The molecule has 14 heteroatoms. The highest BCUT2D eigenvalue weighted by Crippen LogP contribution is 2.46. The highest BCUT2D eigenvalue weighted by molar-refractivity contribution is 7.26. The number of furan rings is 2. The van der Waals surface area contributed by atoms with E-state index in [-0.39, 0.29) is 0 Å². The van der Waals surface area contributed by atoms with Crippen LogP contribution in [-0.2, 0) is 0 Å². The second-order valence-electron chi connectivity index (χ2n) is 29.2. The number of hydrogen-bond donors (Lipinski definition) is 0. The molecule has 0 radical (unpaired) electrons. The largest absolute Gasteiger partial charge is 0.456 e. The quantitative estimate of drug-likeness (QED) is 0.116. The molecule has 0 saturated carbocycles. The summed E-state index contributed by atoms with van der Waals surface area (Å²) in [5, 5.41) is 8.92. The zero-order valence-electron chi connectivity index (χ0n) is 62.9. The van der Waals surface area contributed by atoms with Crippen LogP contribution in [0.2, 0.25) is 0 Å². The van der Waals surface area contributed by atoms with Gasteiger partial charge in [-0.25, -0.2) is 39.9 Å². The molecule has 0 aliphatic carbocycles. The summed E-state index contributed by atoms with van der Waals surface area (Å²) in [7, 11) is 0. The molecule has 0 amide bonds. The zero-order chi connectivity index (χ0) is 77.7. The molecule has 8 heterocycles. The number of rotatable bonds is 12. The van der Waals surface area contributed by atoms with Crippen LogP contribution in [0.3, 0.4) is 0 Å². The van der Waals surface area contributed by atoms with Gasteiger partial charge in [0.25, 0.3) is 0 Å². The smallest absolute Gasteiger partial charge is 0.164 e. The first-order chi connectivity index (χ1) is 58.5. The van der Waals surface area contributed by atoms with Crippen LogP contribution in [0, 0.1) is 0 Å². The number of aromatic nitrogens is 10. The SMILES string of the molecule is c1ccc(-c2nc(-c3ccc(-c4cccc5c4sc4ccccc45)cc3)nc(-c3cccc4oc5ccc(-c6nc7ccccc7n6-c6ccccc6)cc5c34)n2)cc1.c1ccc(-c2nc(-c3cccc(-c4cccc5c4sc4ccccc45)c3)nc(-c3cccc4oc5ccc(-c6nc7ccccc7n6-c6ccccc6)cc5c34)n2)cc1. The van der Waals surface area contributed by atoms with Crippen LogP contribution >= 0.6 is 22.7 Å². The van der Waals surface area contributed by atoms with E-state index in [2.05, 4.69) is 264 Å². The van der Waals surface area contributed by atoms with E-state index in [0.717, 1.165) is 145 Å². The van der Waals surface area contributed by atoms with Gasteiger partial charge in [0.15, 0.2) is 34.9 Å². The number of hydrogen-bond acceptors (Lipinski definition) is 12. The highest BCUT2D eigenvalue weighted by Gasteiger charge is 2.25. The molecule has 0 N–H and O–H groups in total. The molecule has 12 nitrogen and oxygen atoms in total. The molecule has 0 bridgehead atoms. The van der Waals surface area contributed by atoms with Crippen molar-refractivity contribution in [2.24, 2.45) is 0 Å². The Labute approximate surface area is 682 Å². The third-order valence-corrected chi connectivity index (χ3v) is 24.6. The fraction of sp³-hybridized carbons (Fsp3) is 0. The van der Waals surface area contributed by atoms with Crippen molar-refractivity contribution in [3.63, 3.8) is 0 Å². The van der Waals surface area contributed by atoms with Crippen molar-refractivity contribution < 1.29 is 8.83 Å². The number of benzene rings is 16. The van der Waals surface area contributed by atoms with E-state index >= 15 is 0 Å². The van der Waals surface area contributed by atoms with Gasteiger partial charge in [-0.05, 0) is 138 Å². The zero-order valence-corrected chi connectivity index (χ0v) is 64.5. The van der Waals surface area contributed by atoms with E-state index in [1.165, 1.54) is 51.5 Å². The first kappa shape index (κ1) is 68.1. The van der Waals surface area contributed by atoms with Crippen LogP contribution in [0.4, 0.5) is 0 Å². The average molecular weight is 1550 g/mol. The molecule has 24 aromatic rings. The topological polar surface area (TPSA) is 139 Å². The number of fused-ring (bicyclic) bond motifs is 14. The lowest BCUT2D eigenvalue weighted by Crippen LogP contribution is -2.00. The lowest BCUT2D eigenvalue weighted by molar-refractivity contribution is 0.668. The van der Waals surface area contributed by atoms with Crippen LogP contribution < -0.4 is 0 Å². The Kier molecular flexibility index (Phi) is 16.3. The van der Waals surface area contributed by atoms with Crippen LogP contribution in [0.5, 0.6) is 0 Å². The Morgan fingerprint density at radius 2 is 0.559 bits per heavy atom. The van der Waals surface area contributed by atoms with Crippen molar-refractivity contribution in [2.45, 2.75) is 0 Å². The average Bonchev–Trinajstić information content (AvgIpc) is 1.62. The second-order valence-corrected chi connectivity index (χ2v) is 31.3. The molecule has 0 unspecified atom stereocenters. The van der Waals surface area contributed by atoms with Crippen LogP contribution in [0.15, 0.2) is 385 Å². The van der Waals surface area contributed by atoms with Crippen molar-refractivity contribution in [3.8, 4) is 125 Å². The summed E-state index contributed by atoms with van der Waals surface area (Å²) in [6.07, 6.45) is 0. The Hall–Kier alpha value is -15.5. The molecule has 16 aromatic carbocycles.